The molecule has 0 aromatic heterocycles. The lowest BCUT2D eigenvalue weighted by atomic mass is 10.1. The molecule has 0 heterocycles. The van der Waals surface area contributed by atoms with E-state index in [0.717, 1.165) is 0 Å². The fourth-order valence-corrected chi connectivity index (χ4v) is 1.21. The third-order valence-electron chi connectivity index (χ3n) is 1.76. The van der Waals surface area contributed by atoms with Gasteiger partial charge in [-0.15, -0.1) is 0 Å². The van der Waals surface area contributed by atoms with E-state index < -0.39 is 17.8 Å². The maximum absolute atomic E-state index is 12.7. The van der Waals surface area contributed by atoms with E-state index in [-0.39, 0.29) is 11.4 Å². The third kappa shape index (κ3) is 2.68. The van der Waals surface area contributed by atoms with Crippen LogP contribution in [0.3, 0.4) is 0 Å². The van der Waals surface area contributed by atoms with Crippen LogP contribution in [0.5, 0.6) is 0 Å². The first-order valence-corrected chi connectivity index (χ1v) is 4.31. The van der Waals surface area contributed by atoms with Crippen molar-refractivity contribution in [3.63, 3.8) is 0 Å². The Bertz CT molecular complexity index is 357. The zero-order chi connectivity index (χ0) is 10.7. The summed E-state index contributed by atoms with van der Waals surface area (Å²) in [6, 6.07) is 3.03. The molecule has 0 aliphatic carbocycles. The lowest BCUT2D eigenvalue weighted by Gasteiger charge is -2.06. The highest BCUT2D eigenvalue weighted by molar-refractivity contribution is 6.30. The monoisotopic (exact) mass is 217 g/mol. The number of hydrogen-bond donors (Lipinski definition) is 2. The summed E-state index contributed by atoms with van der Waals surface area (Å²) >= 11 is 5.51. The van der Waals surface area contributed by atoms with Crippen LogP contribution < -0.4 is 5.73 Å². The fourth-order valence-electron chi connectivity index (χ4n) is 1.01. The Labute approximate surface area is 85.3 Å². The van der Waals surface area contributed by atoms with E-state index in [1.54, 1.807) is 0 Å². The Morgan fingerprint density at radius 1 is 1.64 bits per heavy atom. The molecule has 3 nitrogen and oxygen atoms in total. The second-order valence-corrected chi connectivity index (χ2v) is 3.30. The van der Waals surface area contributed by atoms with Gasteiger partial charge in [-0.25, -0.2) is 4.39 Å². The molecule has 1 atom stereocenters. The maximum Gasteiger partial charge on any atom is 0.320 e. The van der Waals surface area contributed by atoms with Crippen LogP contribution in [-0.4, -0.2) is 17.1 Å². The molecule has 0 aliphatic rings. The highest BCUT2D eigenvalue weighted by Crippen LogP contribution is 2.16. The van der Waals surface area contributed by atoms with Crippen molar-refractivity contribution in [1.29, 1.82) is 0 Å². The third-order valence-corrected chi connectivity index (χ3v) is 2.05. The number of hydrogen-bond acceptors (Lipinski definition) is 2. The standard InChI is InChI=1S/C9H9ClFNO2/c10-6-3-5(1-2-7(6)11)4-8(12)9(13)14/h1-3,8H,4,12H2,(H,13,14). The van der Waals surface area contributed by atoms with Crippen LogP contribution in [0.1, 0.15) is 5.56 Å². The molecular formula is C9H9ClFNO2. The van der Waals surface area contributed by atoms with Crippen molar-refractivity contribution in [2.45, 2.75) is 12.5 Å². The van der Waals surface area contributed by atoms with Gasteiger partial charge in [-0.1, -0.05) is 17.7 Å². The molecule has 0 aliphatic heterocycles. The average molecular weight is 218 g/mol. The Hall–Kier alpha value is -1.13. The molecule has 0 amide bonds. The van der Waals surface area contributed by atoms with Crippen molar-refractivity contribution < 1.29 is 14.3 Å². The SMILES string of the molecule is NC(Cc1ccc(F)c(Cl)c1)C(=O)O. The summed E-state index contributed by atoms with van der Waals surface area (Å²) in [5.74, 6) is -1.62. The van der Waals surface area contributed by atoms with Gasteiger partial charge in [0.2, 0.25) is 0 Å². The normalized spacial score (nSPS) is 12.5. The highest BCUT2D eigenvalue weighted by atomic mass is 35.5. The van der Waals surface area contributed by atoms with Gasteiger partial charge in [0, 0.05) is 0 Å². The van der Waals surface area contributed by atoms with E-state index >= 15 is 0 Å². The minimum absolute atomic E-state index is 0.0277. The quantitative estimate of drug-likeness (QED) is 0.805. The van der Waals surface area contributed by atoms with Crippen molar-refractivity contribution >= 4 is 17.6 Å². The van der Waals surface area contributed by atoms with Gasteiger partial charge in [-0.2, -0.15) is 0 Å². The van der Waals surface area contributed by atoms with Gasteiger partial charge in [0.15, 0.2) is 0 Å². The van der Waals surface area contributed by atoms with Gasteiger partial charge in [0.1, 0.15) is 11.9 Å². The summed E-state index contributed by atoms with van der Waals surface area (Å²) in [7, 11) is 0. The molecule has 0 radical (unpaired) electrons. The number of aliphatic carboxylic acids is 1. The lowest BCUT2D eigenvalue weighted by Crippen LogP contribution is -2.32. The molecular weight excluding hydrogens is 209 g/mol. The van der Waals surface area contributed by atoms with Crippen LogP contribution in [0.25, 0.3) is 0 Å². The average Bonchev–Trinajstić information content (AvgIpc) is 2.11. The number of benzene rings is 1. The van der Waals surface area contributed by atoms with Crippen LogP contribution in [0.4, 0.5) is 4.39 Å². The van der Waals surface area contributed by atoms with E-state index in [4.69, 9.17) is 22.4 Å². The Balaban J connectivity index is 2.78. The largest absolute Gasteiger partial charge is 0.480 e. The van der Waals surface area contributed by atoms with Gasteiger partial charge >= 0.3 is 5.97 Å². The van der Waals surface area contributed by atoms with Crippen LogP contribution >= 0.6 is 11.6 Å². The number of nitrogens with two attached hydrogens (primary N) is 1. The van der Waals surface area contributed by atoms with E-state index in [1.807, 2.05) is 0 Å². The second kappa shape index (κ2) is 4.39. The molecule has 1 unspecified atom stereocenters. The van der Waals surface area contributed by atoms with Crippen LogP contribution in [0, 0.1) is 5.82 Å². The second-order valence-electron chi connectivity index (χ2n) is 2.90. The molecule has 1 aromatic rings. The molecule has 0 spiro atoms. The molecule has 0 saturated heterocycles. The molecule has 0 bridgehead atoms. The molecule has 76 valence electrons. The van der Waals surface area contributed by atoms with Crippen molar-refractivity contribution in [3.05, 3.63) is 34.6 Å². The first-order valence-electron chi connectivity index (χ1n) is 3.93. The summed E-state index contributed by atoms with van der Waals surface area (Å²) in [5, 5.41) is 8.51. The van der Waals surface area contributed by atoms with Gasteiger partial charge < -0.3 is 10.8 Å². The number of halogens is 2. The van der Waals surface area contributed by atoms with Gasteiger partial charge in [0.05, 0.1) is 5.02 Å². The van der Waals surface area contributed by atoms with E-state index in [0.29, 0.717) is 5.56 Å². The summed E-state index contributed by atoms with van der Waals surface area (Å²) in [6.07, 6.45) is 0.134. The summed E-state index contributed by atoms with van der Waals surface area (Å²) < 4.78 is 12.7. The van der Waals surface area contributed by atoms with Crippen molar-refractivity contribution in [2.75, 3.05) is 0 Å². The van der Waals surface area contributed by atoms with E-state index in [2.05, 4.69) is 0 Å². The lowest BCUT2D eigenvalue weighted by molar-refractivity contribution is -0.138. The number of carboxylic acid groups (broad SMARTS) is 1. The Morgan fingerprint density at radius 3 is 2.79 bits per heavy atom. The fraction of sp³-hybridized carbons (Fsp3) is 0.222. The summed E-state index contributed by atoms with van der Waals surface area (Å²) in [6.45, 7) is 0. The molecule has 14 heavy (non-hydrogen) atoms. The van der Waals surface area contributed by atoms with Crippen LogP contribution in [0.2, 0.25) is 5.02 Å². The predicted octanol–water partition coefficient (Wildman–Crippen LogP) is 1.43. The number of carbonyl (C=O) groups is 1. The Kier molecular flexibility index (Phi) is 3.43. The van der Waals surface area contributed by atoms with Gasteiger partial charge in [-0.3, -0.25) is 4.79 Å². The molecule has 3 N–H and O–H groups in total. The maximum atomic E-state index is 12.7. The topological polar surface area (TPSA) is 63.3 Å². The summed E-state index contributed by atoms with van der Waals surface area (Å²) in [5.41, 5.74) is 5.90. The molecule has 0 saturated carbocycles. The smallest absolute Gasteiger partial charge is 0.320 e. The van der Waals surface area contributed by atoms with E-state index in [1.165, 1.54) is 18.2 Å². The van der Waals surface area contributed by atoms with E-state index in [9.17, 15) is 9.18 Å². The minimum Gasteiger partial charge on any atom is -0.480 e. The number of carboxylic acids is 1. The zero-order valence-corrected chi connectivity index (χ0v) is 7.96. The van der Waals surface area contributed by atoms with Crippen LogP contribution in [0.15, 0.2) is 18.2 Å². The van der Waals surface area contributed by atoms with Crippen molar-refractivity contribution in [2.24, 2.45) is 5.73 Å². The van der Waals surface area contributed by atoms with Gasteiger partial charge in [0.25, 0.3) is 0 Å². The zero-order valence-electron chi connectivity index (χ0n) is 7.21. The van der Waals surface area contributed by atoms with Crippen LogP contribution in [-0.2, 0) is 11.2 Å². The first kappa shape index (κ1) is 10.9. The predicted molar refractivity (Wildman–Crippen MR) is 50.7 cm³/mol. The van der Waals surface area contributed by atoms with Gasteiger partial charge in [-0.05, 0) is 24.1 Å². The number of rotatable bonds is 3. The molecule has 1 aromatic carbocycles. The minimum atomic E-state index is -1.09. The Morgan fingerprint density at radius 2 is 2.29 bits per heavy atom. The first-order chi connectivity index (χ1) is 6.50. The molecule has 5 heteroatoms. The van der Waals surface area contributed by atoms with Crippen molar-refractivity contribution in [3.8, 4) is 0 Å². The molecule has 1 rings (SSSR count). The van der Waals surface area contributed by atoms with Crippen molar-refractivity contribution in [1.82, 2.24) is 0 Å². The molecule has 0 fully saturated rings. The highest BCUT2D eigenvalue weighted by Gasteiger charge is 2.12. The summed E-state index contributed by atoms with van der Waals surface area (Å²) in [4.78, 5) is 10.4.